The zero-order valence-corrected chi connectivity index (χ0v) is 16.3. The van der Waals surface area contributed by atoms with Crippen LogP contribution in [0.3, 0.4) is 0 Å². The Hall–Kier alpha value is -2.76. The lowest BCUT2D eigenvalue weighted by Crippen LogP contribution is -2.02. The number of benzene rings is 1. The minimum atomic E-state index is -0.309. The number of fused-ring (bicyclic) bond motifs is 2. The summed E-state index contributed by atoms with van der Waals surface area (Å²) < 4.78 is 16.8. The van der Waals surface area contributed by atoms with Crippen LogP contribution in [0.1, 0.15) is 45.4 Å². The van der Waals surface area contributed by atoms with Gasteiger partial charge in [-0.25, -0.2) is 19.3 Å². The molecule has 0 atom stereocenters. The summed E-state index contributed by atoms with van der Waals surface area (Å²) in [5.74, 6) is 1.82. The Bertz CT molecular complexity index is 1140. The first-order chi connectivity index (χ1) is 12.8. The third-order valence-electron chi connectivity index (χ3n) is 4.83. The van der Waals surface area contributed by atoms with Crippen LogP contribution in [0.15, 0.2) is 24.5 Å². The number of H-pyrrole nitrogens is 1. The topological polar surface area (TPSA) is 59.4 Å². The average molecular weight is 365 g/mol. The molecule has 4 rings (SSSR count). The van der Waals surface area contributed by atoms with Crippen LogP contribution in [0.25, 0.3) is 33.2 Å². The molecule has 140 valence electrons. The largest absolute Gasteiger partial charge is 0.345 e. The minimum Gasteiger partial charge on any atom is -0.345 e. The Morgan fingerprint density at radius 1 is 1.15 bits per heavy atom. The SMILES string of the molecule is Cc1nc2c(F)cc(-c3c[nH]c4nc(CC(C)C)ncc34)cc2n1C(C)C. The van der Waals surface area contributed by atoms with Crippen molar-refractivity contribution in [2.24, 2.45) is 5.92 Å². The standard InChI is InChI=1S/C21H24FN5/c1-11(2)6-19-23-10-16-15(9-24-21(16)26-19)14-7-17(22)20-18(8-14)27(12(3)4)13(5)25-20/h7-12H,6H2,1-5H3,(H,23,24,26). The van der Waals surface area contributed by atoms with Crippen LogP contribution in [0.4, 0.5) is 4.39 Å². The molecule has 3 aromatic heterocycles. The van der Waals surface area contributed by atoms with Crippen molar-refractivity contribution in [3.8, 4) is 11.1 Å². The highest BCUT2D eigenvalue weighted by Gasteiger charge is 2.17. The van der Waals surface area contributed by atoms with Crippen molar-refractivity contribution in [1.82, 2.24) is 24.5 Å². The maximum Gasteiger partial charge on any atom is 0.151 e. The Morgan fingerprint density at radius 3 is 2.63 bits per heavy atom. The van der Waals surface area contributed by atoms with Gasteiger partial charge in [-0.15, -0.1) is 0 Å². The molecule has 0 amide bonds. The third kappa shape index (κ3) is 2.99. The van der Waals surface area contributed by atoms with Crippen molar-refractivity contribution in [3.63, 3.8) is 0 Å². The number of rotatable bonds is 4. The van der Waals surface area contributed by atoms with Gasteiger partial charge in [-0.1, -0.05) is 13.8 Å². The summed E-state index contributed by atoms with van der Waals surface area (Å²) in [6, 6.07) is 3.75. The number of nitrogens with zero attached hydrogens (tertiary/aromatic N) is 4. The molecule has 0 saturated carbocycles. The van der Waals surface area contributed by atoms with Crippen molar-refractivity contribution >= 4 is 22.1 Å². The van der Waals surface area contributed by atoms with E-state index in [1.807, 2.05) is 25.4 Å². The molecule has 27 heavy (non-hydrogen) atoms. The number of nitrogens with one attached hydrogen (secondary N) is 1. The van der Waals surface area contributed by atoms with E-state index in [1.165, 1.54) is 0 Å². The molecule has 1 aromatic carbocycles. The number of hydrogen-bond donors (Lipinski definition) is 1. The lowest BCUT2D eigenvalue weighted by molar-refractivity contribution is 0.600. The summed E-state index contributed by atoms with van der Waals surface area (Å²) >= 11 is 0. The smallest absolute Gasteiger partial charge is 0.151 e. The van der Waals surface area contributed by atoms with Crippen LogP contribution >= 0.6 is 0 Å². The van der Waals surface area contributed by atoms with E-state index in [1.54, 1.807) is 6.07 Å². The summed E-state index contributed by atoms with van der Waals surface area (Å²) in [6.45, 7) is 10.4. The average Bonchev–Trinajstić information content (AvgIpc) is 3.14. The van der Waals surface area contributed by atoms with Crippen molar-refractivity contribution in [2.45, 2.75) is 47.1 Å². The normalized spacial score (nSPS) is 12.1. The molecular weight excluding hydrogens is 341 g/mol. The predicted molar refractivity (Wildman–Crippen MR) is 106 cm³/mol. The highest BCUT2D eigenvalue weighted by Crippen LogP contribution is 2.32. The van der Waals surface area contributed by atoms with Crippen molar-refractivity contribution in [3.05, 3.63) is 42.0 Å². The van der Waals surface area contributed by atoms with E-state index in [-0.39, 0.29) is 11.9 Å². The van der Waals surface area contributed by atoms with Crippen LogP contribution in [-0.4, -0.2) is 24.5 Å². The fourth-order valence-electron chi connectivity index (χ4n) is 3.72. The van der Waals surface area contributed by atoms with Gasteiger partial charge in [0.25, 0.3) is 0 Å². The number of imidazole rings is 1. The molecule has 3 heterocycles. The maximum absolute atomic E-state index is 14.8. The fourth-order valence-corrected chi connectivity index (χ4v) is 3.72. The van der Waals surface area contributed by atoms with Gasteiger partial charge in [0.1, 0.15) is 22.8 Å². The van der Waals surface area contributed by atoms with Crippen molar-refractivity contribution < 1.29 is 4.39 Å². The summed E-state index contributed by atoms with van der Waals surface area (Å²) in [4.78, 5) is 16.7. The molecule has 0 bridgehead atoms. The zero-order chi connectivity index (χ0) is 19.3. The van der Waals surface area contributed by atoms with Crippen LogP contribution in [-0.2, 0) is 6.42 Å². The van der Waals surface area contributed by atoms with Gasteiger partial charge in [0.15, 0.2) is 5.82 Å². The number of hydrogen-bond acceptors (Lipinski definition) is 3. The quantitative estimate of drug-likeness (QED) is 0.541. The summed E-state index contributed by atoms with van der Waals surface area (Å²) in [7, 11) is 0. The molecule has 0 fully saturated rings. The zero-order valence-electron chi connectivity index (χ0n) is 16.3. The van der Waals surface area contributed by atoms with Crippen molar-refractivity contribution in [2.75, 3.05) is 0 Å². The van der Waals surface area contributed by atoms with Crippen LogP contribution in [0.2, 0.25) is 0 Å². The first kappa shape index (κ1) is 17.6. The van der Waals surface area contributed by atoms with Crippen molar-refractivity contribution in [1.29, 1.82) is 0 Å². The van der Waals surface area contributed by atoms with E-state index in [4.69, 9.17) is 0 Å². The lowest BCUT2D eigenvalue weighted by atomic mass is 10.1. The Balaban J connectivity index is 1.88. The number of aromatic nitrogens is 5. The predicted octanol–water partition coefficient (Wildman–Crippen LogP) is 5.20. The van der Waals surface area contributed by atoms with Gasteiger partial charge in [0.2, 0.25) is 0 Å². The molecule has 0 aliphatic carbocycles. The highest BCUT2D eigenvalue weighted by atomic mass is 19.1. The first-order valence-corrected chi connectivity index (χ1v) is 9.36. The van der Waals surface area contributed by atoms with E-state index in [0.717, 1.165) is 45.7 Å². The Kier molecular flexibility index (Phi) is 4.21. The molecule has 4 aromatic rings. The minimum absolute atomic E-state index is 0.203. The molecule has 0 saturated heterocycles. The van der Waals surface area contributed by atoms with Gasteiger partial charge in [-0.2, -0.15) is 0 Å². The van der Waals surface area contributed by atoms with E-state index >= 15 is 0 Å². The Morgan fingerprint density at radius 2 is 1.93 bits per heavy atom. The summed E-state index contributed by atoms with van der Waals surface area (Å²) in [6.07, 6.45) is 4.54. The Labute approximate surface area is 157 Å². The highest BCUT2D eigenvalue weighted by molar-refractivity contribution is 5.95. The van der Waals surface area contributed by atoms with Gasteiger partial charge in [0, 0.05) is 35.8 Å². The van der Waals surface area contributed by atoms with E-state index < -0.39 is 0 Å². The number of aryl methyl sites for hydroxylation is 1. The number of halogens is 1. The van der Waals surface area contributed by atoms with Gasteiger partial charge in [0.05, 0.1) is 5.52 Å². The van der Waals surface area contributed by atoms with E-state index in [0.29, 0.717) is 11.4 Å². The maximum atomic E-state index is 14.8. The van der Waals surface area contributed by atoms with E-state index in [9.17, 15) is 4.39 Å². The first-order valence-electron chi connectivity index (χ1n) is 9.36. The fraction of sp³-hybridized carbons (Fsp3) is 0.381. The molecule has 6 heteroatoms. The van der Waals surface area contributed by atoms with Gasteiger partial charge in [-0.05, 0) is 44.4 Å². The number of aromatic amines is 1. The molecular formula is C21H24FN5. The van der Waals surface area contributed by atoms with Crippen LogP contribution < -0.4 is 0 Å². The van der Waals surface area contributed by atoms with Gasteiger partial charge < -0.3 is 9.55 Å². The molecule has 0 aliphatic rings. The van der Waals surface area contributed by atoms with Crippen LogP contribution in [0, 0.1) is 18.7 Å². The lowest BCUT2D eigenvalue weighted by Gasteiger charge is -2.11. The third-order valence-corrected chi connectivity index (χ3v) is 4.83. The molecule has 1 N–H and O–H groups in total. The molecule has 0 radical (unpaired) electrons. The molecule has 0 spiro atoms. The van der Waals surface area contributed by atoms with Gasteiger partial charge >= 0.3 is 0 Å². The molecule has 5 nitrogen and oxygen atoms in total. The van der Waals surface area contributed by atoms with Crippen LogP contribution in [0.5, 0.6) is 0 Å². The van der Waals surface area contributed by atoms with Gasteiger partial charge in [-0.3, -0.25) is 0 Å². The second kappa shape index (κ2) is 6.44. The monoisotopic (exact) mass is 365 g/mol. The van der Waals surface area contributed by atoms with E-state index in [2.05, 4.69) is 52.2 Å². The second-order valence-electron chi connectivity index (χ2n) is 7.80. The molecule has 0 unspecified atom stereocenters. The molecule has 0 aliphatic heterocycles. The second-order valence-corrected chi connectivity index (χ2v) is 7.80. The summed E-state index contributed by atoms with van der Waals surface area (Å²) in [5, 5.41) is 0.897. The summed E-state index contributed by atoms with van der Waals surface area (Å²) in [5.41, 5.74) is 3.71.